The highest BCUT2D eigenvalue weighted by atomic mass is 16.6. The highest BCUT2D eigenvalue weighted by molar-refractivity contribution is 5.45. The molecule has 1 fully saturated rings. The van der Waals surface area contributed by atoms with Crippen LogP contribution in [-0.2, 0) is 6.54 Å². The minimum absolute atomic E-state index is 0.416. The Morgan fingerprint density at radius 1 is 1.17 bits per heavy atom. The third-order valence-corrected chi connectivity index (χ3v) is 4.86. The number of aryl methyl sites for hydroxylation is 2. The van der Waals surface area contributed by atoms with Crippen LogP contribution < -0.4 is 9.47 Å². The van der Waals surface area contributed by atoms with Crippen molar-refractivity contribution in [2.45, 2.75) is 39.3 Å². The Kier molecular flexibility index (Phi) is 3.73. The first-order valence-electron chi connectivity index (χ1n) is 8.28. The Hall–Kier alpha value is -2.01. The molecule has 0 amide bonds. The van der Waals surface area contributed by atoms with E-state index in [2.05, 4.69) is 22.2 Å². The molecule has 0 N–H and O–H groups in total. The van der Waals surface area contributed by atoms with Crippen LogP contribution >= 0.6 is 0 Å². The molecule has 1 unspecified atom stereocenters. The Morgan fingerprint density at radius 3 is 2.78 bits per heavy atom. The lowest BCUT2D eigenvalue weighted by atomic mass is 10.0. The van der Waals surface area contributed by atoms with Crippen LogP contribution in [0.1, 0.15) is 41.5 Å². The quantitative estimate of drug-likeness (QED) is 0.869. The fourth-order valence-corrected chi connectivity index (χ4v) is 3.59. The first kappa shape index (κ1) is 14.6. The summed E-state index contributed by atoms with van der Waals surface area (Å²) in [5, 5.41) is 4.08. The van der Waals surface area contributed by atoms with E-state index >= 15 is 0 Å². The molecule has 5 heteroatoms. The van der Waals surface area contributed by atoms with E-state index in [-0.39, 0.29) is 0 Å². The van der Waals surface area contributed by atoms with Gasteiger partial charge in [-0.15, -0.1) is 0 Å². The summed E-state index contributed by atoms with van der Waals surface area (Å²) in [6.07, 6.45) is 2.38. The summed E-state index contributed by atoms with van der Waals surface area (Å²) >= 11 is 0. The number of rotatable bonds is 3. The average Bonchev–Trinajstić information content (AvgIpc) is 3.16. The van der Waals surface area contributed by atoms with Gasteiger partial charge in [-0.3, -0.25) is 4.90 Å². The zero-order valence-corrected chi connectivity index (χ0v) is 13.7. The van der Waals surface area contributed by atoms with Crippen LogP contribution in [0.15, 0.2) is 22.7 Å². The van der Waals surface area contributed by atoms with Gasteiger partial charge < -0.3 is 14.0 Å². The van der Waals surface area contributed by atoms with E-state index in [1.807, 2.05) is 19.9 Å². The number of likely N-dealkylation sites (tertiary alicyclic amines) is 1. The van der Waals surface area contributed by atoms with Crippen molar-refractivity contribution in [3.8, 4) is 11.5 Å². The Balaban J connectivity index is 1.58. The fraction of sp³-hybridized carbons (Fsp3) is 0.500. The zero-order chi connectivity index (χ0) is 15.8. The third kappa shape index (κ3) is 2.70. The Bertz CT molecular complexity index is 691. The van der Waals surface area contributed by atoms with E-state index in [9.17, 15) is 0 Å². The van der Waals surface area contributed by atoms with Gasteiger partial charge in [0.2, 0.25) is 0 Å². The van der Waals surface area contributed by atoms with Gasteiger partial charge >= 0.3 is 0 Å². The second kappa shape index (κ2) is 5.89. The van der Waals surface area contributed by atoms with Gasteiger partial charge in [0.25, 0.3) is 0 Å². The predicted octanol–water partition coefficient (Wildman–Crippen LogP) is 3.40. The van der Waals surface area contributed by atoms with Gasteiger partial charge in [0, 0.05) is 18.2 Å². The van der Waals surface area contributed by atoms with E-state index in [4.69, 9.17) is 14.0 Å². The van der Waals surface area contributed by atoms with E-state index in [0.717, 1.165) is 36.0 Å². The lowest BCUT2D eigenvalue weighted by Crippen LogP contribution is -2.23. The van der Waals surface area contributed by atoms with Crippen molar-refractivity contribution in [1.82, 2.24) is 10.1 Å². The highest BCUT2D eigenvalue weighted by Gasteiger charge is 2.28. The summed E-state index contributed by atoms with van der Waals surface area (Å²) in [6, 6.07) is 6.77. The third-order valence-electron chi connectivity index (χ3n) is 4.86. The molecular formula is C18H22N2O3. The van der Waals surface area contributed by atoms with Crippen molar-refractivity contribution in [2.24, 2.45) is 0 Å². The molecular weight excluding hydrogens is 292 g/mol. The van der Waals surface area contributed by atoms with Crippen LogP contribution in [0.2, 0.25) is 0 Å². The summed E-state index contributed by atoms with van der Waals surface area (Å²) < 4.78 is 16.7. The summed E-state index contributed by atoms with van der Waals surface area (Å²) in [5.74, 6) is 2.66. The molecule has 0 spiro atoms. The van der Waals surface area contributed by atoms with Gasteiger partial charge in [-0.25, -0.2) is 0 Å². The number of ether oxygens (including phenoxy) is 2. The van der Waals surface area contributed by atoms with Crippen molar-refractivity contribution in [3.63, 3.8) is 0 Å². The van der Waals surface area contributed by atoms with Crippen LogP contribution in [0.4, 0.5) is 0 Å². The molecule has 122 valence electrons. The van der Waals surface area contributed by atoms with Crippen molar-refractivity contribution in [3.05, 3.63) is 40.8 Å². The van der Waals surface area contributed by atoms with Crippen LogP contribution in [0.3, 0.4) is 0 Å². The molecule has 0 aliphatic carbocycles. The maximum atomic E-state index is 5.73. The molecule has 23 heavy (non-hydrogen) atoms. The SMILES string of the molecule is Cc1noc(C)c1CN1CCCC1c1ccc2c(c1)OCCO2. The number of aromatic nitrogens is 1. The van der Waals surface area contributed by atoms with Crippen LogP contribution in [0.25, 0.3) is 0 Å². The van der Waals surface area contributed by atoms with Gasteiger partial charge in [0.15, 0.2) is 11.5 Å². The van der Waals surface area contributed by atoms with Crippen molar-refractivity contribution < 1.29 is 14.0 Å². The number of hydrogen-bond acceptors (Lipinski definition) is 5. The molecule has 1 saturated heterocycles. The monoisotopic (exact) mass is 314 g/mol. The summed E-state index contributed by atoms with van der Waals surface area (Å²) in [6.45, 7) is 7.26. The average molecular weight is 314 g/mol. The van der Waals surface area contributed by atoms with Crippen LogP contribution in [0.5, 0.6) is 11.5 Å². The lowest BCUT2D eigenvalue weighted by Gasteiger charge is -2.26. The summed E-state index contributed by atoms with van der Waals surface area (Å²) in [4.78, 5) is 2.51. The molecule has 1 aromatic heterocycles. The largest absolute Gasteiger partial charge is 0.486 e. The molecule has 0 radical (unpaired) electrons. The molecule has 2 aromatic rings. The van der Waals surface area contributed by atoms with Crippen molar-refractivity contribution >= 4 is 0 Å². The van der Waals surface area contributed by atoms with Crippen molar-refractivity contribution in [1.29, 1.82) is 0 Å². The van der Waals surface area contributed by atoms with Gasteiger partial charge in [-0.1, -0.05) is 11.2 Å². The zero-order valence-electron chi connectivity index (χ0n) is 13.7. The molecule has 0 saturated carbocycles. The highest BCUT2D eigenvalue weighted by Crippen LogP contribution is 2.39. The molecule has 2 aliphatic rings. The first-order valence-corrected chi connectivity index (χ1v) is 8.28. The predicted molar refractivity (Wildman–Crippen MR) is 85.8 cm³/mol. The second-order valence-corrected chi connectivity index (χ2v) is 6.33. The molecule has 4 rings (SSSR count). The van der Waals surface area contributed by atoms with E-state index in [0.29, 0.717) is 19.3 Å². The molecule has 0 bridgehead atoms. The smallest absolute Gasteiger partial charge is 0.161 e. The van der Waals surface area contributed by atoms with Gasteiger partial charge in [-0.05, 0) is 50.9 Å². The van der Waals surface area contributed by atoms with Crippen LogP contribution in [-0.4, -0.2) is 29.8 Å². The summed E-state index contributed by atoms with van der Waals surface area (Å²) in [7, 11) is 0. The topological polar surface area (TPSA) is 47.7 Å². The molecule has 1 aromatic carbocycles. The Labute approximate surface area is 136 Å². The van der Waals surface area contributed by atoms with E-state index in [1.165, 1.54) is 24.0 Å². The minimum atomic E-state index is 0.416. The van der Waals surface area contributed by atoms with Gasteiger partial charge in [0.05, 0.1) is 5.69 Å². The van der Waals surface area contributed by atoms with Gasteiger partial charge in [0.1, 0.15) is 19.0 Å². The fourth-order valence-electron chi connectivity index (χ4n) is 3.59. The van der Waals surface area contributed by atoms with Gasteiger partial charge in [-0.2, -0.15) is 0 Å². The maximum absolute atomic E-state index is 5.73. The second-order valence-electron chi connectivity index (χ2n) is 6.33. The van der Waals surface area contributed by atoms with Crippen molar-refractivity contribution in [2.75, 3.05) is 19.8 Å². The Morgan fingerprint density at radius 2 is 2.00 bits per heavy atom. The standard InChI is InChI=1S/C18H22N2O3/c1-12-15(13(2)23-19-12)11-20-7-3-4-16(20)14-5-6-17-18(10-14)22-9-8-21-17/h5-6,10,16H,3-4,7-9,11H2,1-2H3. The maximum Gasteiger partial charge on any atom is 0.161 e. The molecule has 2 aliphatic heterocycles. The van der Waals surface area contributed by atoms with E-state index in [1.54, 1.807) is 0 Å². The summed E-state index contributed by atoms with van der Waals surface area (Å²) in [5.41, 5.74) is 3.52. The lowest BCUT2D eigenvalue weighted by molar-refractivity contribution is 0.170. The number of fused-ring (bicyclic) bond motifs is 1. The minimum Gasteiger partial charge on any atom is -0.486 e. The normalized spacial score (nSPS) is 20.9. The first-order chi connectivity index (χ1) is 11.2. The van der Waals surface area contributed by atoms with Crippen LogP contribution in [0, 0.1) is 13.8 Å². The molecule has 5 nitrogen and oxygen atoms in total. The number of hydrogen-bond donors (Lipinski definition) is 0. The molecule has 1 atom stereocenters. The number of nitrogens with zero attached hydrogens (tertiary/aromatic N) is 2. The van der Waals surface area contributed by atoms with E-state index < -0.39 is 0 Å². The molecule has 3 heterocycles. The number of benzene rings is 1.